The highest BCUT2D eigenvalue weighted by Crippen LogP contribution is 2.46. The number of hydrogen-bond acceptors (Lipinski definition) is 4. The number of halogens is 3. The molecule has 8 heteroatoms. The van der Waals surface area contributed by atoms with Crippen LogP contribution in [-0.2, 0) is 10.2 Å². The Labute approximate surface area is 125 Å². The van der Waals surface area contributed by atoms with Gasteiger partial charge in [-0.2, -0.15) is 13.2 Å². The standard InChI is InChI=1S/C14H16F3NO4/c1-12(2,3)8-5-6-9-10(7-8)22-14(21-9,13(15,16)17)18-11(19)20-4/h5-7H,1-4H3,(H,18,19). The Morgan fingerprint density at radius 3 is 2.27 bits per heavy atom. The van der Waals surface area contributed by atoms with Gasteiger partial charge in [0.15, 0.2) is 11.5 Å². The summed E-state index contributed by atoms with van der Waals surface area (Å²) < 4.78 is 53.8. The zero-order chi connectivity index (χ0) is 16.8. The van der Waals surface area contributed by atoms with Gasteiger partial charge in [0.05, 0.1) is 7.11 Å². The lowest BCUT2D eigenvalue weighted by Gasteiger charge is -2.28. The summed E-state index contributed by atoms with van der Waals surface area (Å²) in [4.78, 5) is 11.2. The molecule has 0 saturated heterocycles. The van der Waals surface area contributed by atoms with E-state index in [2.05, 4.69) is 4.74 Å². The maximum Gasteiger partial charge on any atom is 0.492 e. The van der Waals surface area contributed by atoms with Gasteiger partial charge >= 0.3 is 18.2 Å². The smallest absolute Gasteiger partial charge is 0.453 e. The van der Waals surface area contributed by atoms with Crippen LogP contribution in [-0.4, -0.2) is 25.3 Å². The van der Waals surface area contributed by atoms with Crippen molar-refractivity contribution in [1.29, 1.82) is 0 Å². The second-order valence-electron chi connectivity index (χ2n) is 5.85. The van der Waals surface area contributed by atoms with Crippen LogP contribution in [0.1, 0.15) is 26.3 Å². The van der Waals surface area contributed by atoms with Crippen LogP contribution < -0.4 is 14.8 Å². The Morgan fingerprint density at radius 2 is 1.77 bits per heavy atom. The predicted octanol–water partition coefficient (Wildman–Crippen LogP) is 3.33. The summed E-state index contributed by atoms with van der Waals surface area (Å²) in [5.41, 5.74) is 0.489. The maximum atomic E-state index is 13.3. The van der Waals surface area contributed by atoms with E-state index in [1.807, 2.05) is 20.8 Å². The number of rotatable bonds is 1. The number of hydrogen-bond donors (Lipinski definition) is 1. The lowest BCUT2D eigenvalue weighted by Crippen LogP contribution is -2.64. The van der Waals surface area contributed by atoms with Gasteiger partial charge in [0.1, 0.15) is 0 Å². The third-order valence-electron chi connectivity index (χ3n) is 3.14. The molecule has 122 valence electrons. The van der Waals surface area contributed by atoms with Crippen molar-refractivity contribution in [1.82, 2.24) is 5.32 Å². The highest BCUT2D eigenvalue weighted by atomic mass is 19.4. The Bertz CT molecular complexity index is 595. The van der Waals surface area contributed by atoms with Gasteiger partial charge in [-0.25, -0.2) is 10.1 Å². The fraction of sp³-hybridized carbons (Fsp3) is 0.500. The summed E-state index contributed by atoms with van der Waals surface area (Å²) in [6.07, 6.45) is -6.32. The lowest BCUT2D eigenvalue weighted by molar-refractivity contribution is -0.318. The van der Waals surface area contributed by atoms with E-state index in [-0.39, 0.29) is 16.9 Å². The first-order valence-corrected chi connectivity index (χ1v) is 6.44. The summed E-state index contributed by atoms with van der Waals surface area (Å²) in [6, 6.07) is 4.48. The molecule has 1 N–H and O–H groups in total. The molecule has 0 saturated carbocycles. The zero-order valence-corrected chi connectivity index (χ0v) is 12.5. The minimum Gasteiger partial charge on any atom is -0.453 e. The molecule has 22 heavy (non-hydrogen) atoms. The van der Waals surface area contributed by atoms with Crippen molar-refractivity contribution in [3.63, 3.8) is 0 Å². The number of alkyl carbamates (subject to hydrolysis) is 1. The molecule has 1 aliphatic rings. The largest absolute Gasteiger partial charge is 0.492 e. The summed E-state index contributed by atoms with van der Waals surface area (Å²) >= 11 is 0. The highest BCUT2D eigenvalue weighted by molar-refractivity contribution is 5.68. The number of carbonyl (C=O) groups is 1. The first kappa shape index (κ1) is 16.3. The van der Waals surface area contributed by atoms with Crippen LogP contribution in [0.15, 0.2) is 18.2 Å². The van der Waals surface area contributed by atoms with E-state index in [0.717, 1.165) is 12.7 Å². The third-order valence-corrected chi connectivity index (χ3v) is 3.14. The van der Waals surface area contributed by atoms with Gasteiger partial charge in [0, 0.05) is 0 Å². The van der Waals surface area contributed by atoms with Crippen molar-refractivity contribution < 1.29 is 32.2 Å². The molecule has 0 fully saturated rings. The van der Waals surface area contributed by atoms with E-state index in [4.69, 9.17) is 9.47 Å². The number of amides is 1. The minimum absolute atomic E-state index is 0.0962. The molecule has 1 aliphatic heterocycles. The molecule has 1 aromatic carbocycles. The Hall–Kier alpha value is -2.12. The zero-order valence-electron chi connectivity index (χ0n) is 12.5. The second-order valence-corrected chi connectivity index (χ2v) is 5.85. The predicted molar refractivity (Wildman–Crippen MR) is 70.7 cm³/mol. The molecule has 0 aliphatic carbocycles. The average molecular weight is 319 g/mol. The summed E-state index contributed by atoms with van der Waals surface area (Å²) in [7, 11) is 0.944. The minimum atomic E-state index is -5.00. The first-order chi connectivity index (χ1) is 9.98. The molecule has 1 unspecified atom stereocenters. The fourth-order valence-electron chi connectivity index (χ4n) is 1.89. The quantitative estimate of drug-likeness (QED) is 0.862. The van der Waals surface area contributed by atoms with Crippen molar-refractivity contribution in [2.45, 2.75) is 38.3 Å². The van der Waals surface area contributed by atoms with Crippen LogP contribution in [0.2, 0.25) is 0 Å². The molecular formula is C14H16F3NO4. The maximum absolute atomic E-state index is 13.3. The van der Waals surface area contributed by atoms with Crippen LogP contribution in [0.25, 0.3) is 0 Å². The van der Waals surface area contributed by atoms with E-state index in [1.54, 1.807) is 11.4 Å². The van der Waals surface area contributed by atoms with E-state index >= 15 is 0 Å². The topological polar surface area (TPSA) is 56.8 Å². The number of nitrogens with one attached hydrogen (secondary N) is 1. The summed E-state index contributed by atoms with van der Waals surface area (Å²) in [5, 5.41) is 1.56. The lowest BCUT2D eigenvalue weighted by atomic mass is 9.87. The molecule has 1 amide bonds. The first-order valence-electron chi connectivity index (χ1n) is 6.44. The van der Waals surface area contributed by atoms with Gasteiger partial charge in [-0.05, 0) is 23.1 Å². The van der Waals surface area contributed by atoms with Crippen molar-refractivity contribution in [3.05, 3.63) is 23.8 Å². The molecule has 1 aromatic rings. The summed E-state index contributed by atoms with van der Waals surface area (Å²) in [6.45, 7) is 5.73. The number of methoxy groups -OCH3 is 1. The number of benzene rings is 1. The average Bonchev–Trinajstić information content (AvgIpc) is 2.75. The molecule has 0 aromatic heterocycles. The molecular weight excluding hydrogens is 303 g/mol. The Morgan fingerprint density at radius 1 is 1.18 bits per heavy atom. The molecule has 5 nitrogen and oxygen atoms in total. The van der Waals surface area contributed by atoms with Crippen LogP contribution in [0.5, 0.6) is 11.5 Å². The molecule has 0 bridgehead atoms. The van der Waals surface area contributed by atoms with Gasteiger partial charge in [0.25, 0.3) is 0 Å². The van der Waals surface area contributed by atoms with E-state index < -0.39 is 18.2 Å². The number of ether oxygens (including phenoxy) is 3. The van der Waals surface area contributed by atoms with Crippen LogP contribution in [0, 0.1) is 0 Å². The monoisotopic (exact) mass is 319 g/mol. The SMILES string of the molecule is COC(=O)NC1(C(F)(F)F)Oc2ccc(C(C)(C)C)cc2O1. The Balaban J connectivity index is 2.40. The van der Waals surface area contributed by atoms with Crippen LogP contribution in [0.4, 0.5) is 18.0 Å². The van der Waals surface area contributed by atoms with E-state index in [1.165, 1.54) is 12.1 Å². The second kappa shape index (κ2) is 4.96. The van der Waals surface area contributed by atoms with Crippen molar-refractivity contribution in [3.8, 4) is 11.5 Å². The van der Waals surface area contributed by atoms with Gasteiger partial charge in [-0.1, -0.05) is 26.8 Å². The van der Waals surface area contributed by atoms with Crippen LogP contribution >= 0.6 is 0 Å². The molecule has 2 rings (SSSR count). The van der Waals surface area contributed by atoms with Crippen molar-refractivity contribution in [2.24, 2.45) is 0 Å². The third kappa shape index (κ3) is 2.77. The molecule has 1 heterocycles. The number of fused-ring (bicyclic) bond motifs is 1. The molecule has 0 spiro atoms. The van der Waals surface area contributed by atoms with Crippen LogP contribution in [0.3, 0.4) is 0 Å². The van der Waals surface area contributed by atoms with Gasteiger partial charge < -0.3 is 14.2 Å². The van der Waals surface area contributed by atoms with Crippen molar-refractivity contribution >= 4 is 6.09 Å². The number of carbonyl (C=O) groups excluding carboxylic acids is 1. The van der Waals surface area contributed by atoms with E-state index in [9.17, 15) is 18.0 Å². The molecule has 0 radical (unpaired) electrons. The fourth-order valence-corrected chi connectivity index (χ4v) is 1.89. The van der Waals surface area contributed by atoms with Crippen molar-refractivity contribution in [2.75, 3.05) is 7.11 Å². The normalized spacial score (nSPS) is 20.7. The van der Waals surface area contributed by atoms with Gasteiger partial charge in [0.2, 0.25) is 0 Å². The Kier molecular flexibility index (Phi) is 3.67. The van der Waals surface area contributed by atoms with E-state index in [0.29, 0.717) is 0 Å². The van der Waals surface area contributed by atoms with Gasteiger partial charge in [-0.3, -0.25) is 0 Å². The van der Waals surface area contributed by atoms with Gasteiger partial charge in [-0.15, -0.1) is 0 Å². The molecule has 1 atom stereocenters. The highest BCUT2D eigenvalue weighted by Gasteiger charge is 2.66. The number of alkyl halides is 3. The summed E-state index contributed by atoms with van der Waals surface area (Å²) in [5.74, 6) is -3.50.